The first-order valence-electron chi connectivity index (χ1n) is 4.74. The molecule has 0 spiro atoms. The highest BCUT2D eigenvalue weighted by Gasteiger charge is 2.08. The van der Waals surface area contributed by atoms with Crippen LogP contribution in [0.25, 0.3) is 5.52 Å². The van der Waals surface area contributed by atoms with Crippen molar-refractivity contribution in [3.8, 4) is 0 Å². The molecule has 3 nitrogen and oxygen atoms in total. The fraction of sp³-hybridized carbons (Fsp3) is 0.300. The second kappa shape index (κ2) is 4.51. The molecule has 0 bridgehead atoms. The van der Waals surface area contributed by atoms with Gasteiger partial charge in [-0.2, -0.15) is 0 Å². The molecule has 2 heterocycles. The summed E-state index contributed by atoms with van der Waals surface area (Å²) in [5, 5.41) is 0.710. The van der Waals surface area contributed by atoms with Gasteiger partial charge >= 0.3 is 0 Å². The Bertz CT molecular complexity index is 481. The van der Waals surface area contributed by atoms with E-state index in [2.05, 4.69) is 20.9 Å². The van der Waals surface area contributed by atoms with Crippen LogP contribution in [-0.4, -0.2) is 15.9 Å². The van der Waals surface area contributed by atoms with Crippen molar-refractivity contribution in [2.45, 2.75) is 12.8 Å². The van der Waals surface area contributed by atoms with E-state index in [4.69, 9.17) is 17.3 Å². The van der Waals surface area contributed by atoms with Gasteiger partial charge in [-0.05, 0) is 41.0 Å². The zero-order chi connectivity index (χ0) is 10.8. The Morgan fingerprint density at radius 2 is 2.27 bits per heavy atom. The minimum absolute atomic E-state index is 0.674. The number of nitrogens with zero attached hydrogens (tertiary/aromatic N) is 2. The zero-order valence-corrected chi connectivity index (χ0v) is 10.4. The fourth-order valence-electron chi connectivity index (χ4n) is 1.52. The van der Waals surface area contributed by atoms with Crippen molar-refractivity contribution < 1.29 is 0 Å². The van der Waals surface area contributed by atoms with Crippen LogP contribution in [0.1, 0.15) is 12.2 Å². The Morgan fingerprint density at radius 3 is 3.00 bits per heavy atom. The Kier molecular flexibility index (Phi) is 3.29. The summed E-state index contributed by atoms with van der Waals surface area (Å²) >= 11 is 9.37. The second-order valence-electron chi connectivity index (χ2n) is 3.31. The number of rotatable bonds is 3. The molecule has 0 saturated carbocycles. The molecule has 0 atom stereocenters. The van der Waals surface area contributed by atoms with Crippen LogP contribution in [0.4, 0.5) is 0 Å². The van der Waals surface area contributed by atoms with Crippen LogP contribution < -0.4 is 5.73 Å². The van der Waals surface area contributed by atoms with E-state index < -0.39 is 0 Å². The quantitative estimate of drug-likeness (QED) is 0.943. The zero-order valence-electron chi connectivity index (χ0n) is 8.08. The molecule has 15 heavy (non-hydrogen) atoms. The summed E-state index contributed by atoms with van der Waals surface area (Å²) in [5.74, 6) is 0.991. The van der Waals surface area contributed by atoms with E-state index in [-0.39, 0.29) is 0 Å². The maximum atomic E-state index is 5.95. The van der Waals surface area contributed by atoms with Gasteiger partial charge in [-0.3, -0.25) is 0 Å². The van der Waals surface area contributed by atoms with Crippen LogP contribution in [0.3, 0.4) is 0 Å². The smallest absolute Gasteiger partial charge is 0.132 e. The minimum Gasteiger partial charge on any atom is -0.330 e. The van der Waals surface area contributed by atoms with E-state index in [0.717, 1.165) is 28.8 Å². The third kappa shape index (κ3) is 2.17. The average molecular weight is 289 g/mol. The van der Waals surface area contributed by atoms with E-state index >= 15 is 0 Å². The molecular formula is C10H11BrClN3. The highest BCUT2D eigenvalue weighted by molar-refractivity contribution is 9.10. The first-order chi connectivity index (χ1) is 7.22. The van der Waals surface area contributed by atoms with Crippen LogP contribution in [0.15, 0.2) is 22.9 Å². The SMILES string of the molecule is NCCCc1nc(Br)c2ccc(Cl)cn12. The van der Waals surface area contributed by atoms with Crippen LogP contribution in [0, 0.1) is 0 Å². The number of pyridine rings is 1. The molecular weight excluding hydrogens is 277 g/mol. The van der Waals surface area contributed by atoms with Crippen LogP contribution in [0.2, 0.25) is 5.02 Å². The highest BCUT2D eigenvalue weighted by atomic mass is 79.9. The topological polar surface area (TPSA) is 43.3 Å². The molecule has 0 aliphatic rings. The summed E-state index contributed by atoms with van der Waals surface area (Å²) in [7, 11) is 0. The second-order valence-corrected chi connectivity index (χ2v) is 4.50. The van der Waals surface area contributed by atoms with Gasteiger partial charge in [-0.1, -0.05) is 11.6 Å². The van der Waals surface area contributed by atoms with Gasteiger partial charge in [0.2, 0.25) is 0 Å². The van der Waals surface area contributed by atoms with E-state index in [0.29, 0.717) is 11.6 Å². The van der Waals surface area contributed by atoms with E-state index in [9.17, 15) is 0 Å². The number of nitrogens with two attached hydrogens (primary N) is 1. The normalized spacial score (nSPS) is 11.1. The van der Waals surface area contributed by atoms with E-state index in [1.807, 2.05) is 22.7 Å². The summed E-state index contributed by atoms with van der Waals surface area (Å²) in [6.07, 6.45) is 3.67. The average Bonchev–Trinajstić information content (AvgIpc) is 2.52. The molecule has 2 aromatic rings. The van der Waals surface area contributed by atoms with Gasteiger partial charge in [-0.15, -0.1) is 0 Å². The molecule has 0 unspecified atom stereocenters. The molecule has 0 aliphatic heterocycles. The molecule has 0 aromatic carbocycles. The Labute approximate surface area is 101 Å². The lowest BCUT2D eigenvalue weighted by Crippen LogP contribution is -2.03. The molecule has 5 heteroatoms. The summed E-state index contributed by atoms with van der Waals surface area (Å²) < 4.78 is 2.86. The van der Waals surface area contributed by atoms with E-state index in [1.165, 1.54) is 0 Å². The van der Waals surface area contributed by atoms with Crippen molar-refractivity contribution in [3.63, 3.8) is 0 Å². The molecule has 0 radical (unpaired) electrons. The number of aryl methyl sites for hydroxylation is 1. The molecule has 0 aliphatic carbocycles. The maximum Gasteiger partial charge on any atom is 0.132 e. The molecule has 80 valence electrons. The monoisotopic (exact) mass is 287 g/mol. The number of imidazole rings is 1. The Balaban J connectivity index is 2.49. The standard InChI is InChI=1S/C10H11BrClN3/c11-10-8-4-3-7(12)6-15(8)9(14-10)2-1-5-13/h3-4,6H,1-2,5,13H2. The lowest BCUT2D eigenvalue weighted by molar-refractivity contribution is 0.777. The number of halogens is 2. The summed E-state index contributed by atoms with van der Waals surface area (Å²) in [4.78, 5) is 4.43. The predicted octanol–water partition coefficient (Wildman–Crippen LogP) is 2.64. The van der Waals surface area contributed by atoms with Gasteiger partial charge in [-0.25, -0.2) is 4.98 Å². The van der Waals surface area contributed by atoms with Crippen molar-refractivity contribution in [2.75, 3.05) is 6.54 Å². The number of fused-ring (bicyclic) bond motifs is 1. The molecule has 2 N–H and O–H groups in total. The van der Waals surface area contributed by atoms with Crippen LogP contribution in [-0.2, 0) is 6.42 Å². The van der Waals surface area contributed by atoms with Gasteiger partial charge < -0.3 is 10.1 Å². The van der Waals surface area contributed by atoms with Crippen molar-refractivity contribution in [1.82, 2.24) is 9.38 Å². The summed E-state index contributed by atoms with van der Waals surface area (Å²) in [6.45, 7) is 0.674. The van der Waals surface area contributed by atoms with Gasteiger partial charge in [0.15, 0.2) is 0 Å². The maximum absolute atomic E-state index is 5.95. The molecule has 2 aromatic heterocycles. The van der Waals surface area contributed by atoms with Crippen LogP contribution >= 0.6 is 27.5 Å². The van der Waals surface area contributed by atoms with Crippen molar-refractivity contribution in [1.29, 1.82) is 0 Å². The van der Waals surface area contributed by atoms with Crippen molar-refractivity contribution >= 4 is 33.0 Å². The first-order valence-corrected chi connectivity index (χ1v) is 5.91. The molecule has 2 rings (SSSR count). The lowest BCUT2D eigenvalue weighted by atomic mass is 10.3. The third-order valence-corrected chi connectivity index (χ3v) is 3.04. The van der Waals surface area contributed by atoms with Crippen molar-refractivity contribution in [3.05, 3.63) is 33.8 Å². The van der Waals surface area contributed by atoms with Gasteiger partial charge in [0, 0.05) is 12.6 Å². The fourth-order valence-corrected chi connectivity index (χ4v) is 2.21. The molecule has 0 fully saturated rings. The van der Waals surface area contributed by atoms with Gasteiger partial charge in [0.05, 0.1) is 10.5 Å². The Hall–Kier alpha value is -0.580. The van der Waals surface area contributed by atoms with Gasteiger partial charge in [0.1, 0.15) is 10.4 Å². The highest BCUT2D eigenvalue weighted by Crippen LogP contribution is 2.21. The number of hydrogen-bond acceptors (Lipinski definition) is 2. The molecule has 0 amide bonds. The third-order valence-electron chi connectivity index (χ3n) is 2.23. The molecule has 0 saturated heterocycles. The number of aromatic nitrogens is 2. The van der Waals surface area contributed by atoms with Gasteiger partial charge in [0.25, 0.3) is 0 Å². The largest absolute Gasteiger partial charge is 0.330 e. The predicted molar refractivity (Wildman–Crippen MR) is 65.3 cm³/mol. The minimum atomic E-state index is 0.674. The Morgan fingerprint density at radius 1 is 1.47 bits per heavy atom. The number of hydrogen-bond donors (Lipinski definition) is 1. The summed E-state index contributed by atoms with van der Waals surface area (Å²) in [6, 6.07) is 3.81. The van der Waals surface area contributed by atoms with Crippen LogP contribution in [0.5, 0.6) is 0 Å². The van der Waals surface area contributed by atoms with Crippen molar-refractivity contribution in [2.24, 2.45) is 5.73 Å². The summed E-state index contributed by atoms with van der Waals surface area (Å²) in [5.41, 5.74) is 6.52. The lowest BCUT2D eigenvalue weighted by Gasteiger charge is -2.00. The van der Waals surface area contributed by atoms with E-state index in [1.54, 1.807) is 0 Å². The first kappa shape index (κ1) is 10.9.